The van der Waals surface area contributed by atoms with Gasteiger partial charge >= 0.3 is 0 Å². The maximum absolute atomic E-state index is 10.9. The third-order valence-corrected chi connectivity index (χ3v) is 3.09. The van der Waals surface area contributed by atoms with Crippen LogP contribution in [0.1, 0.15) is 11.1 Å². The first-order chi connectivity index (χ1) is 10.2. The average molecular weight is 286 g/mol. The summed E-state index contributed by atoms with van der Waals surface area (Å²) in [6.45, 7) is 3.55. The normalized spacial score (nSPS) is 10.3. The molecule has 0 bridgehead atoms. The highest BCUT2D eigenvalue weighted by molar-refractivity contribution is 5.42. The van der Waals surface area contributed by atoms with Gasteiger partial charge in [-0.25, -0.2) is 0 Å². The lowest BCUT2D eigenvalue weighted by molar-refractivity contribution is -0.385. The Morgan fingerprint density at radius 2 is 1.95 bits per heavy atom. The third-order valence-electron chi connectivity index (χ3n) is 3.09. The summed E-state index contributed by atoms with van der Waals surface area (Å²) in [5.41, 5.74) is 1.73. The van der Waals surface area contributed by atoms with E-state index in [1.54, 1.807) is 19.1 Å². The molecule has 0 spiro atoms. The molecule has 5 heteroatoms. The number of ether oxygens (including phenoxy) is 1. The molecule has 0 amide bonds. The van der Waals surface area contributed by atoms with Crippen LogP contribution >= 0.6 is 0 Å². The molecule has 0 saturated carbocycles. The Balaban J connectivity index is 1.76. The number of nitro groups is 1. The van der Waals surface area contributed by atoms with Gasteiger partial charge in [0.15, 0.2) is 0 Å². The molecule has 2 aromatic carbocycles. The van der Waals surface area contributed by atoms with Gasteiger partial charge in [-0.3, -0.25) is 10.1 Å². The summed E-state index contributed by atoms with van der Waals surface area (Å²) >= 11 is 0. The van der Waals surface area contributed by atoms with Crippen LogP contribution in [0.15, 0.2) is 48.5 Å². The molecule has 0 aliphatic heterocycles. The predicted molar refractivity (Wildman–Crippen MR) is 81.5 cm³/mol. The van der Waals surface area contributed by atoms with Gasteiger partial charge in [-0.15, -0.1) is 0 Å². The molecule has 0 unspecified atom stereocenters. The zero-order valence-corrected chi connectivity index (χ0v) is 11.9. The van der Waals surface area contributed by atoms with E-state index >= 15 is 0 Å². The van der Waals surface area contributed by atoms with Crippen molar-refractivity contribution in [1.82, 2.24) is 5.32 Å². The Labute approximate surface area is 123 Å². The second-order valence-electron chi connectivity index (χ2n) is 4.72. The third kappa shape index (κ3) is 4.57. The van der Waals surface area contributed by atoms with Gasteiger partial charge in [-0.2, -0.15) is 0 Å². The van der Waals surface area contributed by atoms with E-state index in [4.69, 9.17) is 4.74 Å². The number of nitro benzene ring substituents is 1. The van der Waals surface area contributed by atoms with Gasteiger partial charge in [-0.05, 0) is 24.6 Å². The molecule has 2 rings (SSSR count). The van der Waals surface area contributed by atoms with Crippen LogP contribution in [0.4, 0.5) is 5.69 Å². The quantitative estimate of drug-likeness (QED) is 0.482. The summed E-state index contributed by atoms with van der Waals surface area (Å²) < 4.78 is 5.55. The molecule has 0 saturated heterocycles. The molecule has 0 aromatic heterocycles. The van der Waals surface area contributed by atoms with Crippen molar-refractivity contribution in [3.63, 3.8) is 0 Å². The van der Waals surface area contributed by atoms with Crippen molar-refractivity contribution < 1.29 is 9.66 Å². The largest absolute Gasteiger partial charge is 0.492 e. The van der Waals surface area contributed by atoms with Gasteiger partial charge in [0.05, 0.1) is 4.92 Å². The Morgan fingerprint density at radius 3 is 2.67 bits per heavy atom. The molecular formula is C16H18N2O3. The highest BCUT2D eigenvalue weighted by atomic mass is 16.6. The number of hydrogen-bond donors (Lipinski definition) is 1. The molecule has 0 radical (unpaired) electrons. The molecule has 0 atom stereocenters. The van der Waals surface area contributed by atoms with Crippen LogP contribution in [-0.2, 0) is 6.54 Å². The molecule has 1 N–H and O–H groups in total. The molecule has 5 nitrogen and oxygen atoms in total. The van der Waals surface area contributed by atoms with Crippen molar-refractivity contribution in [3.05, 3.63) is 69.8 Å². The lowest BCUT2D eigenvalue weighted by atomic mass is 10.1. The van der Waals surface area contributed by atoms with E-state index < -0.39 is 0 Å². The van der Waals surface area contributed by atoms with Crippen molar-refractivity contribution in [2.75, 3.05) is 13.2 Å². The number of hydrogen-bond acceptors (Lipinski definition) is 4. The first-order valence-corrected chi connectivity index (χ1v) is 6.79. The number of benzene rings is 2. The molecular weight excluding hydrogens is 268 g/mol. The fraction of sp³-hybridized carbons (Fsp3) is 0.250. The Hall–Kier alpha value is -2.40. The zero-order valence-electron chi connectivity index (χ0n) is 11.9. The summed E-state index contributed by atoms with van der Waals surface area (Å²) in [7, 11) is 0. The molecule has 0 aliphatic rings. The van der Waals surface area contributed by atoms with Gasteiger partial charge in [0.2, 0.25) is 0 Å². The lowest BCUT2D eigenvalue weighted by Crippen LogP contribution is -2.20. The minimum Gasteiger partial charge on any atom is -0.492 e. The molecule has 2 aromatic rings. The number of rotatable bonds is 7. The van der Waals surface area contributed by atoms with E-state index in [2.05, 4.69) is 5.32 Å². The summed E-state index contributed by atoms with van der Waals surface area (Å²) in [5.74, 6) is 0.838. The van der Waals surface area contributed by atoms with Crippen LogP contribution in [0.3, 0.4) is 0 Å². The van der Waals surface area contributed by atoms with Crippen LogP contribution in [0.25, 0.3) is 0 Å². The molecule has 0 heterocycles. The zero-order chi connectivity index (χ0) is 15.1. The maximum atomic E-state index is 10.9. The molecule has 21 heavy (non-hydrogen) atoms. The second-order valence-corrected chi connectivity index (χ2v) is 4.72. The van der Waals surface area contributed by atoms with Gasteiger partial charge in [0.25, 0.3) is 5.69 Å². The van der Waals surface area contributed by atoms with Gasteiger partial charge in [-0.1, -0.05) is 30.3 Å². The van der Waals surface area contributed by atoms with Crippen LogP contribution in [0.2, 0.25) is 0 Å². The highest BCUT2D eigenvalue weighted by Gasteiger charge is 2.10. The molecule has 0 fully saturated rings. The van der Waals surface area contributed by atoms with E-state index in [1.807, 2.05) is 36.4 Å². The predicted octanol–water partition coefficient (Wildman–Crippen LogP) is 3.07. The number of aryl methyl sites for hydroxylation is 1. The Kier molecular flexibility index (Phi) is 5.29. The first-order valence-electron chi connectivity index (χ1n) is 6.79. The van der Waals surface area contributed by atoms with Crippen molar-refractivity contribution in [2.45, 2.75) is 13.5 Å². The van der Waals surface area contributed by atoms with Crippen LogP contribution in [0.5, 0.6) is 5.75 Å². The fourth-order valence-corrected chi connectivity index (χ4v) is 1.95. The number of nitrogens with zero attached hydrogens (tertiary/aromatic N) is 1. The van der Waals surface area contributed by atoms with Crippen molar-refractivity contribution in [1.29, 1.82) is 0 Å². The minimum absolute atomic E-state index is 0.162. The SMILES string of the molecule is Cc1ccc(CNCCOc2ccccc2)cc1[N+](=O)[O-]. The standard InChI is InChI=1S/C16H18N2O3/c1-13-7-8-14(11-16(13)18(19)20)12-17-9-10-21-15-5-3-2-4-6-15/h2-8,11,17H,9-10,12H2,1H3. The van der Waals surface area contributed by atoms with E-state index in [1.165, 1.54) is 0 Å². The van der Waals surface area contributed by atoms with E-state index in [0.717, 1.165) is 11.3 Å². The fourth-order valence-electron chi connectivity index (χ4n) is 1.95. The number of nitrogens with one attached hydrogen (secondary N) is 1. The Morgan fingerprint density at radius 1 is 1.19 bits per heavy atom. The smallest absolute Gasteiger partial charge is 0.272 e. The molecule has 0 aliphatic carbocycles. The summed E-state index contributed by atoms with van der Waals surface area (Å²) in [5, 5.41) is 14.1. The van der Waals surface area contributed by atoms with Crippen LogP contribution < -0.4 is 10.1 Å². The molecule has 110 valence electrons. The summed E-state index contributed by atoms with van der Waals surface area (Å²) in [4.78, 5) is 10.5. The average Bonchev–Trinajstić information content (AvgIpc) is 2.49. The second kappa shape index (κ2) is 7.40. The van der Waals surface area contributed by atoms with E-state index in [9.17, 15) is 10.1 Å². The summed E-state index contributed by atoms with van der Waals surface area (Å²) in [6.07, 6.45) is 0. The topological polar surface area (TPSA) is 64.4 Å². The highest BCUT2D eigenvalue weighted by Crippen LogP contribution is 2.19. The van der Waals surface area contributed by atoms with Crippen molar-refractivity contribution in [3.8, 4) is 5.75 Å². The van der Waals surface area contributed by atoms with Crippen LogP contribution in [0, 0.1) is 17.0 Å². The summed E-state index contributed by atoms with van der Waals surface area (Å²) in [6, 6.07) is 14.9. The number of para-hydroxylation sites is 1. The van der Waals surface area contributed by atoms with E-state index in [0.29, 0.717) is 25.3 Å². The Bertz CT molecular complexity index is 600. The van der Waals surface area contributed by atoms with Crippen LogP contribution in [-0.4, -0.2) is 18.1 Å². The van der Waals surface area contributed by atoms with Crippen molar-refractivity contribution in [2.24, 2.45) is 0 Å². The van der Waals surface area contributed by atoms with Gasteiger partial charge in [0.1, 0.15) is 12.4 Å². The monoisotopic (exact) mass is 286 g/mol. The van der Waals surface area contributed by atoms with Gasteiger partial charge < -0.3 is 10.1 Å². The van der Waals surface area contributed by atoms with E-state index in [-0.39, 0.29) is 10.6 Å². The maximum Gasteiger partial charge on any atom is 0.272 e. The minimum atomic E-state index is -0.350. The van der Waals surface area contributed by atoms with Crippen molar-refractivity contribution >= 4 is 5.69 Å². The van der Waals surface area contributed by atoms with Gasteiger partial charge in [0, 0.05) is 24.7 Å². The lowest BCUT2D eigenvalue weighted by Gasteiger charge is -2.08. The first kappa shape index (κ1) is 15.0.